The molecule has 0 aliphatic heterocycles. The molecular formula is C10H10N2O. The number of hydrogen-bond acceptors (Lipinski definition) is 3. The van der Waals surface area contributed by atoms with E-state index >= 15 is 0 Å². The van der Waals surface area contributed by atoms with Crippen molar-refractivity contribution in [3.8, 4) is 6.07 Å². The van der Waals surface area contributed by atoms with Crippen LogP contribution in [0.2, 0.25) is 0 Å². The van der Waals surface area contributed by atoms with Crippen LogP contribution >= 0.6 is 0 Å². The Morgan fingerprint density at radius 3 is 3.00 bits per heavy atom. The number of nitriles is 1. The molecule has 3 heteroatoms. The van der Waals surface area contributed by atoms with Crippen molar-refractivity contribution in [2.75, 3.05) is 0 Å². The molecule has 1 unspecified atom stereocenters. The molecule has 0 bridgehead atoms. The number of hydrogen-bond donors (Lipinski definition) is 2. The maximum atomic E-state index is 9.73. The second-order valence-corrected chi connectivity index (χ2v) is 3.37. The summed E-state index contributed by atoms with van der Waals surface area (Å²) < 4.78 is 0. The Labute approximate surface area is 76.4 Å². The molecule has 1 aromatic rings. The zero-order chi connectivity index (χ0) is 9.47. The van der Waals surface area contributed by atoms with E-state index in [4.69, 9.17) is 11.0 Å². The van der Waals surface area contributed by atoms with Crippen molar-refractivity contribution in [2.45, 2.75) is 18.6 Å². The van der Waals surface area contributed by atoms with E-state index in [-0.39, 0.29) is 0 Å². The average Bonchev–Trinajstić information content (AvgIpc) is 2.43. The first-order valence-electron chi connectivity index (χ1n) is 4.19. The summed E-state index contributed by atoms with van der Waals surface area (Å²) in [7, 11) is 0. The van der Waals surface area contributed by atoms with Crippen molar-refractivity contribution in [1.29, 1.82) is 5.26 Å². The Kier molecular flexibility index (Phi) is 1.62. The van der Waals surface area contributed by atoms with Gasteiger partial charge in [0.15, 0.2) is 0 Å². The van der Waals surface area contributed by atoms with Gasteiger partial charge < -0.3 is 5.11 Å². The topological polar surface area (TPSA) is 70.0 Å². The van der Waals surface area contributed by atoms with Crippen LogP contribution in [0.3, 0.4) is 0 Å². The van der Waals surface area contributed by atoms with Gasteiger partial charge in [-0.2, -0.15) is 5.26 Å². The summed E-state index contributed by atoms with van der Waals surface area (Å²) in [6.07, 6.45) is 1.19. The molecular weight excluding hydrogens is 164 g/mol. The molecule has 13 heavy (non-hydrogen) atoms. The molecule has 1 atom stereocenters. The number of nitrogens with two attached hydrogens (primary N) is 1. The van der Waals surface area contributed by atoms with Gasteiger partial charge in [-0.1, -0.05) is 12.1 Å². The quantitative estimate of drug-likeness (QED) is 0.566. The molecule has 0 saturated carbocycles. The molecule has 0 amide bonds. The molecule has 3 nitrogen and oxygen atoms in total. The molecule has 0 saturated heterocycles. The highest BCUT2D eigenvalue weighted by molar-refractivity contribution is 5.47. The van der Waals surface area contributed by atoms with Gasteiger partial charge in [-0.05, 0) is 24.5 Å². The Bertz CT molecular complexity index is 390. The lowest BCUT2D eigenvalue weighted by Crippen LogP contribution is -2.33. The Hall–Kier alpha value is -1.37. The van der Waals surface area contributed by atoms with Gasteiger partial charge in [0.25, 0.3) is 0 Å². The highest BCUT2D eigenvalue weighted by atomic mass is 16.3. The van der Waals surface area contributed by atoms with E-state index in [2.05, 4.69) is 6.07 Å². The highest BCUT2D eigenvalue weighted by Gasteiger charge is 2.33. The number of nitrogens with zero attached hydrogens (tertiary/aromatic N) is 1. The summed E-state index contributed by atoms with van der Waals surface area (Å²) in [5.41, 5.74) is 6.65. The van der Waals surface area contributed by atoms with Crippen LogP contribution in [0.5, 0.6) is 0 Å². The molecule has 1 aliphatic carbocycles. The summed E-state index contributed by atoms with van der Waals surface area (Å²) in [4.78, 5) is 0. The van der Waals surface area contributed by atoms with Crippen LogP contribution in [0.25, 0.3) is 0 Å². The lowest BCUT2D eigenvalue weighted by atomic mass is 10.0. The molecule has 1 aliphatic rings. The minimum Gasteiger partial charge on any atom is -0.372 e. The average molecular weight is 174 g/mol. The van der Waals surface area contributed by atoms with E-state index in [9.17, 15) is 5.11 Å². The van der Waals surface area contributed by atoms with Crippen LogP contribution < -0.4 is 5.73 Å². The van der Waals surface area contributed by atoms with Gasteiger partial charge in [0.1, 0.15) is 5.72 Å². The van der Waals surface area contributed by atoms with Crippen LogP contribution in [-0.4, -0.2) is 5.11 Å². The molecule has 0 spiro atoms. The maximum Gasteiger partial charge on any atom is 0.140 e. The number of aliphatic hydroxyl groups is 1. The summed E-state index contributed by atoms with van der Waals surface area (Å²) in [5.74, 6) is 0. The van der Waals surface area contributed by atoms with Crippen molar-refractivity contribution < 1.29 is 5.11 Å². The fourth-order valence-corrected chi connectivity index (χ4v) is 1.82. The van der Waals surface area contributed by atoms with Gasteiger partial charge in [0.05, 0.1) is 11.6 Å². The number of benzene rings is 1. The zero-order valence-electron chi connectivity index (χ0n) is 7.12. The van der Waals surface area contributed by atoms with Crippen molar-refractivity contribution in [1.82, 2.24) is 0 Å². The molecule has 66 valence electrons. The van der Waals surface area contributed by atoms with E-state index in [1.54, 1.807) is 18.2 Å². The van der Waals surface area contributed by atoms with E-state index < -0.39 is 5.72 Å². The Morgan fingerprint density at radius 2 is 2.31 bits per heavy atom. The van der Waals surface area contributed by atoms with E-state index in [0.717, 1.165) is 5.56 Å². The monoisotopic (exact) mass is 174 g/mol. The van der Waals surface area contributed by atoms with Crippen molar-refractivity contribution in [2.24, 2.45) is 5.73 Å². The summed E-state index contributed by atoms with van der Waals surface area (Å²) in [6.45, 7) is 0. The third-order valence-corrected chi connectivity index (χ3v) is 2.52. The lowest BCUT2D eigenvalue weighted by molar-refractivity contribution is 0.0458. The van der Waals surface area contributed by atoms with Crippen LogP contribution in [0.15, 0.2) is 18.2 Å². The molecule has 1 aromatic carbocycles. The summed E-state index contributed by atoms with van der Waals surface area (Å²) >= 11 is 0. The summed E-state index contributed by atoms with van der Waals surface area (Å²) in [5, 5.41) is 18.5. The van der Waals surface area contributed by atoms with Gasteiger partial charge in [-0.25, -0.2) is 0 Å². The molecule has 0 fully saturated rings. The Balaban J connectivity index is 2.64. The second-order valence-electron chi connectivity index (χ2n) is 3.37. The van der Waals surface area contributed by atoms with Crippen molar-refractivity contribution in [3.05, 3.63) is 34.9 Å². The van der Waals surface area contributed by atoms with Crippen molar-refractivity contribution in [3.63, 3.8) is 0 Å². The van der Waals surface area contributed by atoms with E-state index in [1.165, 1.54) is 0 Å². The predicted molar refractivity (Wildman–Crippen MR) is 47.6 cm³/mol. The van der Waals surface area contributed by atoms with Crippen LogP contribution in [0, 0.1) is 11.3 Å². The fourth-order valence-electron chi connectivity index (χ4n) is 1.82. The SMILES string of the molecule is N#Cc1cccc2c1CCC2(N)O. The largest absolute Gasteiger partial charge is 0.372 e. The zero-order valence-corrected chi connectivity index (χ0v) is 7.12. The normalized spacial score (nSPS) is 25.3. The fraction of sp³-hybridized carbons (Fsp3) is 0.300. The highest BCUT2D eigenvalue weighted by Crippen LogP contribution is 2.34. The molecule has 0 heterocycles. The van der Waals surface area contributed by atoms with Crippen LogP contribution in [0.4, 0.5) is 0 Å². The molecule has 0 aromatic heterocycles. The first-order valence-corrected chi connectivity index (χ1v) is 4.19. The van der Waals surface area contributed by atoms with Crippen LogP contribution in [0.1, 0.15) is 23.1 Å². The van der Waals surface area contributed by atoms with Gasteiger partial charge in [0.2, 0.25) is 0 Å². The minimum absolute atomic E-state index is 0.501. The first kappa shape index (κ1) is 8.24. The van der Waals surface area contributed by atoms with E-state index in [0.29, 0.717) is 24.0 Å². The minimum atomic E-state index is -1.23. The summed E-state index contributed by atoms with van der Waals surface area (Å²) in [6, 6.07) is 7.38. The first-order chi connectivity index (χ1) is 6.15. The smallest absolute Gasteiger partial charge is 0.140 e. The van der Waals surface area contributed by atoms with Gasteiger partial charge >= 0.3 is 0 Å². The van der Waals surface area contributed by atoms with Gasteiger partial charge in [-0.3, -0.25) is 5.73 Å². The second kappa shape index (κ2) is 2.56. The predicted octanol–water partition coefficient (Wildman–Crippen LogP) is 0.608. The van der Waals surface area contributed by atoms with Crippen LogP contribution in [-0.2, 0) is 12.1 Å². The number of rotatable bonds is 0. The molecule has 3 N–H and O–H groups in total. The van der Waals surface area contributed by atoms with Crippen molar-refractivity contribution >= 4 is 0 Å². The standard InChI is InChI=1S/C10H10N2O/c11-6-7-2-1-3-9-8(7)4-5-10(9,12)13/h1-3,13H,4-5,12H2. The third kappa shape index (κ3) is 1.12. The molecule has 0 radical (unpaired) electrons. The number of fused-ring (bicyclic) bond motifs is 1. The van der Waals surface area contributed by atoms with Gasteiger partial charge in [0, 0.05) is 5.56 Å². The molecule has 2 rings (SSSR count). The Morgan fingerprint density at radius 1 is 1.54 bits per heavy atom. The third-order valence-electron chi connectivity index (χ3n) is 2.52. The van der Waals surface area contributed by atoms with E-state index in [1.807, 2.05) is 0 Å². The van der Waals surface area contributed by atoms with Gasteiger partial charge in [-0.15, -0.1) is 0 Å². The maximum absolute atomic E-state index is 9.73. The lowest BCUT2D eigenvalue weighted by Gasteiger charge is -2.17.